The molecule has 1 saturated heterocycles. The van der Waals surface area contributed by atoms with Crippen LogP contribution >= 0.6 is 15.9 Å². The van der Waals surface area contributed by atoms with Gasteiger partial charge in [-0.3, -0.25) is 4.90 Å². The molecule has 3 unspecified atom stereocenters. The maximum absolute atomic E-state index is 5.87. The van der Waals surface area contributed by atoms with Crippen LogP contribution in [-0.4, -0.2) is 37.2 Å². The van der Waals surface area contributed by atoms with Crippen LogP contribution in [0.4, 0.5) is 0 Å². The van der Waals surface area contributed by atoms with Gasteiger partial charge >= 0.3 is 0 Å². The molecule has 0 saturated carbocycles. The van der Waals surface area contributed by atoms with Gasteiger partial charge in [-0.15, -0.1) is 0 Å². The first kappa shape index (κ1) is 13.1. The topological polar surface area (TPSA) is 51.6 Å². The van der Waals surface area contributed by atoms with Gasteiger partial charge in [0.25, 0.3) is 0 Å². The zero-order chi connectivity index (χ0) is 12.4. The second-order valence-corrected chi connectivity index (χ2v) is 5.27. The number of rotatable bonds is 4. The van der Waals surface area contributed by atoms with Crippen molar-refractivity contribution < 1.29 is 9.15 Å². The molecule has 1 aromatic rings. The minimum atomic E-state index is 0.107. The largest absolute Gasteiger partial charge is 0.453 e. The smallest absolute Gasteiger partial charge is 0.169 e. The third-order valence-corrected chi connectivity index (χ3v) is 3.92. The first-order valence-electron chi connectivity index (χ1n) is 5.92. The fourth-order valence-electron chi connectivity index (χ4n) is 2.48. The van der Waals surface area contributed by atoms with Gasteiger partial charge in [-0.1, -0.05) is 0 Å². The molecule has 96 valence electrons. The minimum Gasteiger partial charge on any atom is -0.453 e. The Morgan fingerprint density at radius 3 is 2.82 bits per heavy atom. The predicted octanol–water partition coefficient (Wildman–Crippen LogP) is 2.15. The average Bonchev–Trinajstić information content (AvgIpc) is 2.88. The first-order chi connectivity index (χ1) is 8.13. The molecule has 3 atom stereocenters. The lowest BCUT2D eigenvalue weighted by atomic mass is 10.1. The lowest BCUT2D eigenvalue weighted by Crippen LogP contribution is -2.41. The summed E-state index contributed by atoms with van der Waals surface area (Å²) < 4.78 is 12.0. The van der Waals surface area contributed by atoms with Gasteiger partial charge in [-0.05, 0) is 48.5 Å². The number of likely N-dealkylation sites (N-methyl/N-ethyl adjacent to an activating group) is 1. The molecule has 17 heavy (non-hydrogen) atoms. The standard InChI is InChI=1S/C12H19BrN2O2/c1-8-9(5-6-16-8)15(2)10(7-14)11-3-4-12(13)17-11/h3-4,8-10H,5-7,14H2,1-2H3. The van der Waals surface area contributed by atoms with Crippen LogP contribution in [0.5, 0.6) is 0 Å². The number of nitrogens with zero attached hydrogens (tertiary/aromatic N) is 1. The van der Waals surface area contributed by atoms with Crippen LogP contribution in [0.15, 0.2) is 21.2 Å². The zero-order valence-corrected chi connectivity index (χ0v) is 11.8. The Kier molecular flexibility index (Phi) is 4.25. The Bertz CT molecular complexity index is 369. The van der Waals surface area contributed by atoms with E-state index in [0.717, 1.165) is 23.5 Å². The van der Waals surface area contributed by atoms with Crippen molar-refractivity contribution in [3.05, 3.63) is 22.6 Å². The molecule has 5 heteroatoms. The van der Waals surface area contributed by atoms with Crippen LogP contribution < -0.4 is 5.73 Å². The highest BCUT2D eigenvalue weighted by Gasteiger charge is 2.32. The van der Waals surface area contributed by atoms with E-state index in [1.54, 1.807) is 0 Å². The van der Waals surface area contributed by atoms with E-state index in [0.29, 0.717) is 12.6 Å². The van der Waals surface area contributed by atoms with Gasteiger partial charge < -0.3 is 14.9 Å². The monoisotopic (exact) mass is 302 g/mol. The van der Waals surface area contributed by atoms with Gasteiger partial charge in [0.2, 0.25) is 0 Å². The van der Waals surface area contributed by atoms with Crippen molar-refractivity contribution in [3.8, 4) is 0 Å². The molecule has 1 fully saturated rings. The summed E-state index contributed by atoms with van der Waals surface area (Å²) in [6, 6.07) is 4.39. The van der Waals surface area contributed by atoms with E-state index in [1.165, 1.54) is 0 Å². The summed E-state index contributed by atoms with van der Waals surface area (Å²) in [5.41, 5.74) is 5.87. The van der Waals surface area contributed by atoms with E-state index in [9.17, 15) is 0 Å². The first-order valence-corrected chi connectivity index (χ1v) is 6.71. The summed E-state index contributed by atoms with van der Waals surface area (Å²) in [6.07, 6.45) is 1.31. The number of furan rings is 1. The van der Waals surface area contributed by atoms with Crippen molar-refractivity contribution >= 4 is 15.9 Å². The molecular weight excluding hydrogens is 284 g/mol. The molecule has 1 aromatic heterocycles. The van der Waals surface area contributed by atoms with Gasteiger partial charge in [-0.2, -0.15) is 0 Å². The van der Waals surface area contributed by atoms with Crippen molar-refractivity contribution in [3.63, 3.8) is 0 Å². The fraction of sp³-hybridized carbons (Fsp3) is 0.667. The Morgan fingerprint density at radius 1 is 1.59 bits per heavy atom. The molecule has 0 aliphatic carbocycles. The molecule has 2 rings (SSSR count). The van der Waals surface area contributed by atoms with Crippen LogP contribution in [0, 0.1) is 0 Å². The summed E-state index contributed by atoms with van der Waals surface area (Å²) in [5, 5.41) is 0. The molecule has 2 N–H and O–H groups in total. The predicted molar refractivity (Wildman–Crippen MR) is 69.8 cm³/mol. The molecule has 0 amide bonds. The summed E-state index contributed by atoms with van der Waals surface area (Å²) in [6.45, 7) is 3.48. The highest BCUT2D eigenvalue weighted by Crippen LogP contribution is 2.29. The van der Waals surface area contributed by atoms with Gasteiger partial charge in [0.1, 0.15) is 5.76 Å². The second kappa shape index (κ2) is 5.52. The van der Waals surface area contributed by atoms with Crippen molar-refractivity contribution in [2.75, 3.05) is 20.2 Å². The van der Waals surface area contributed by atoms with Crippen LogP contribution in [0.3, 0.4) is 0 Å². The average molecular weight is 303 g/mol. The highest BCUT2D eigenvalue weighted by molar-refractivity contribution is 9.10. The molecule has 4 nitrogen and oxygen atoms in total. The summed E-state index contributed by atoms with van der Waals surface area (Å²) in [5.74, 6) is 0.904. The number of hydrogen-bond acceptors (Lipinski definition) is 4. The van der Waals surface area contributed by atoms with E-state index < -0.39 is 0 Å². The number of ether oxygens (including phenoxy) is 1. The third-order valence-electron chi connectivity index (χ3n) is 3.50. The summed E-state index contributed by atoms with van der Waals surface area (Å²) in [7, 11) is 2.09. The van der Waals surface area contributed by atoms with E-state index in [1.807, 2.05) is 12.1 Å². The Labute approximate surface area is 110 Å². The Morgan fingerprint density at radius 2 is 2.35 bits per heavy atom. The fourth-order valence-corrected chi connectivity index (χ4v) is 2.80. The maximum atomic E-state index is 5.87. The third kappa shape index (κ3) is 2.73. The van der Waals surface area contributed by atoms with E-state index in [-0.39, 0.29) is 12.1 Å². The van der Waals surface area contributed by atoms with Crippen LogP contribution in [0.1, 0.15) is 25.1 Å². The molecule has 0 aromatic carbocycles. The van der Waals surface area contributed by atoms with Gasteiger partial charge in [-0.25, -0.2) is 0 Å². The van der Waals surface area contributed by atoms with Gasteiger partial charge in [0.05, 0.1) is 12.1 Å². The maximum Gasteiger partial charge on any atom is 0.169 e. The van der Waals surface area contributed by atoms with Crippen LogP contribution in [0.25, 0.3) is 0 Å². The Hall–Kier alpha value is -0.360. The van der Waals surface area contributed by atoms with E-state index in [4.69, 9.17) is 14.9 Å². The SMILES string of the molecule is CC1OCCC1N(C)C(CN)c1ccc(Br)o1. The lowest BCUT2D eigenvalue weighted by Gasteiger charge is -2.32. The van der Waals surface area contributed by atoms with E-state index in [2.05, 4.69) is 34.8 Å². The zero-order valence-electron chi connectivity index (χ0n) is 10.2. The number of halogens is 1. The Balaban J connectivity index is 2.12. The summed E-state index contributed by atoms with van der Waals surface area (Å²) >= 11 is 3.32. The van der Waals surface area contributed by atoms with Crippen molar-refractivity contribution in [2.24, 2.45) is 5.73 Å². The van der Waals surface area contributed by atoms with Gasteiger partial charge in [0, 0.05) is 19.2 Å². The van der Waals surface area contributed by atoms with Crippen LogP contribution in [0.2, 0.25) is 0 Å². The highest BCUT2D eigenvalue weighted by atomic mass is 79.9. The molecule has 1 aliphatic heterocycles. The van der Waals surface area contributed by atoms with E-state index >= 15 is 0 Å². The quantitative estimate of drug-likeness (QED) is 0.926. The molecular formula is C12H19BrN2O2. The lowest BCUT2D eigenvalue weighted by molar-refractivity contribution is 0.0640. The number of nitrogens with two attached hydrogens (primary N) is 1. The molecule has 0 spiro atoms. The van der Waals surface area contributed by atoms with Crippen molar-refractivity contribution in [2.45, 2.75) is 31.5 Å². The minimum absolute atomic E-state index is 0.107. The number of hydrogen-bond donors (Lipinski definition) is 1. The molecule has 0 radical (unpaired) electrons. The van der Waals surface area contributed by atoms with Crippen LogP contribution in [-0.2, 0) is 4.74 Å². The summed E-state index contributed by atoms with van der Waals surface area (Å²) in [4.78, 5) is 2.27. The van der Waals surface area contributed by atoms with Crippen molar-refractivity contribution in [1.82, 2.24) is 4.90 Å². The molecule has 1 aliphatic rings. The molecule has 0 bridgehead atoms. The normalized spacial score (nSPS) is 26.6. The van der Waals surface area contributed by atoms with Gasteiger partial charge in [0.15, 0.2) is 4.67 Å². The molecule has 2 heterocycles. The van der Waals surface area contributed by atoms with Crippen molar-refractivity contribution in [1.29, 1.82) is 0 Å². The second-order valence-electron chi connectivity index (χ2n) is 4.49.